The Morgan fingerprint density at radius 1 is 0.536 bits per heavy atom. The minimum atomic E-state index is 0.378. The van der Waals surface area contributed by atoms with Crippen molar-refractivity contribution in [1.82, 2.24) is 21.3 Å². The highest BCUT2D eigenvalue weighted by atomic mass is 16.3. The maximum absolute atomic E-state index is 10.6. The first kappa shape index (κ1) is 20.6. The summed E-state index contributed by atoms with van der Waals surface area (Å²) in [7, 11) is 0. The van der Waals surface area contributed by atoms with E-state index in [9.17, 15) is 10.2 Å². The van der Waals surface area contributed by atoms with Gasteiger partial charge in [0.2, 0.25) is 0 Å². The first-order valence-corrected chi connectivity index (χ1v) is 10.00. The summed E-state index contributed by atoms with van der Waals surface area (Å²) in [5.74, 6) is 0.756. The Morgan fingerprint density at radius 3 is 1.04 bits per heavy atom. The number of rotatable bonds is 0. The number of benzene rings is 2. The highest BCUT2D eigenvalue weighted by Crippen LogP contribution is 2.25. The predicted octanol–water partition coefficient (Wildman–Crippen LogP) is 1.79. The van der Waals surface area contributed by atoms with E-state index in [2.05, 4.69) is 35.1 Å². The lowest BCUT2D eigenvalue weighted by Crippen LogP contribution is -2.28. The molecule has 1 heterocycles. The molecule has 3 rings (SSSR count). The molecule has 6 N–H and O–H groups in total. The quantitative estimate of drug-likeness (QED) is 0.415. The van der Waals surface area contributed by atoms with Crippen LogP contribution in [0.25, 0.3) is 0 Å². The van der Waals surface area contributed by atoms with Gasteiger partial charge in [0.1, 0.15) is 11.5 Å². The molecule has 2 aromatic rings. The van der Waals surface area contributed by atoms with E-state index >= 15 is 0 Å². The molecule has 0 spiro atoms. The molecular formula is C22H32N4O2. The molecule has 0 fully saturated rings. The van der Waals surface area contributed by atoms with Crippen molar-refractivity contribution in [1.29, 1.82) is 0 Å². The van der Waals surface area contributed by atoms with Gasteiger partial charge in [-0.1, -0.05) is 35.4 Å². The third kappa shape index (κ3) is 5.45. The van der Waals surface area contributed by atoms with Crippen molar-refractivity contribution in [3.63, 3.8) is 0 Å². The summed E-state index contributed by atoms with van der Waals surface area (Å²) in [5, 5.41) is 34.7. The van der Waals surface area contributed by atoms with Gasteiger partial charge in [0.25, 0.3) is 0 Å². The largest absolute Gasteiger partial charge is 0.507 e. The normalized spacial score (nSPS) is 16.9. The van der Waals surface area contributed by atoms with Gasteiger partial charge in [-0.15, -0.1) is 0 Å². The second-order valence-electron chi connectivity index (χ2n) is 7.57. The van der Waals surface area contributed by atoms with E-state index in [1.54, 1.807) is 0 Å². The van der Waals surface area contributed by atoms with Crippen LogP contribution in [0, 0.1) is 13.8 Å². The SMILES string of the molecule is Cc1cc2c(O)c(c1)CNCCNCc1cc(C)cc(c1O)CNCCNC2. The summed E-state index contributed by atoms with van der Waals surface area (Å²) in [6.07, 6.45) is 0. The molecule has 0 atom stereocenters. The average molecular weight is 385 g/mol. The van der Waals surface area contributed by atoms with Crippen LogP contribution in [0.3, 0.4) is 0 Å². The summed E-state index contributed by atoms with van der Waals surface area (Å²) in [6, 6.07) is 8.13. The van der Waals surface area contributed by atoms with Gasteiger partial charge >= 0.3 is 0 Å². The molecule has 0 unspecified atom stereocenters. The average Bonchev–Trinajstić information content (AvgIpc) is 2.66. The number of phenolic OH excluding ortho intramolecular Hbond substituents is 2. The zero-order chi connectivity index (χ0) is 19.9. The fourth-order valence-corrected chi connectivity index (χ4v) is 3.65. The second kappa shape index (κ2) is 9.89. The van der Waals surface area contributed by atoms with E-state index in [0.29, 0.717) is 37.7 Å². The summed E-state index contributed by atoms with van der Waals surface area (Å²) < 4.78 is 0. The Bertz CT molecular complexity index is 682. The molecule has 1 aliphatic heterocycles. The number of aryl methyl sites for hydroxylation is 2. The van der Waals surface area contributed by atoms with E-state index in [1.807, 2.05) is 24.3 Å². The molecule has 0 radical (unpaired) electrons. The molecule has 1 aliphatic rings. The molecule has 6 heteroatoms. The van der Waals surface area contributed by atoms with E-state index in [1.165, 1.54) is 0 Å². The van der Waals surface area contributed by atoms with Crippen LogP contribution in [0.4, 0.5) is 0 Å². The lowest BCUT2D eigenvalue weighted by atomic mass is 10.0. The van der Waals surface area contributed by atoms with Crippen LogP contribution in [0.15, 0.2) is 24.3 Å². The van der Waals surface area contributed by atoms with Crippen LogP contribution in [0.1, 0.15) is 33.4 Å². The number of hydrogen-bond acceptors (Lipinski definition) is 6. The standard InChI is InChI=1S/C22H32N4O2/c1-15-7-17-11-23-3-5-25-13-19-9-16(2)10-20(22(19)28)14-26-6-4-24-12-18(8-15)21(17)27/h7-10,23-28H,3-6,11-14H2,1-2H3. The van der Waals surface area contributed by atoms with E-state index < -0.39 is 0 Å². The van der Waals surface area contributed by atoms with Crippen molar-refractivity contribution < 1.29 is 10.2 Å². The molecule has 2 aromatic carbocycles. The zero-order valence-electron chi connectivity index (χ0n) is 16.9. The van der Waals surface area contributed by atoms with Crippen molar-refractivity contribution in [2.75, 3.05) is 26.2 Å². The zero-order valence-corrected chi connectivity index (χ0v) is 16.9. The smallest absolute Gasteiger partial charge is 0.124 e. The van der Waals surface area contributed by atoms with Gasteiger partial charge in [-0.25, -0.2) is 0 Å². The number of aromatic hydroxyl groups is 2. The van der Waals surface area contributed by atoms with Crippen molar-refractivity contribution in [3.05, 3.63) is 57.6 Å². The molecule has 152 valence electrons. The Balaban J connectivity index is 1.71. The van der Waals surface area contributed by atoms with Gasteiger partial charge in [-0.3, -0.25) is 0 Å². The number of phenols is 2. The van der Waals surface area contributed by atoms with Gasteiger partial charge in [-0.2, -0.15) is 0 Å². The molecule has 28 heavy (non-hydrogen) atoms. The molecule has 0 aliphatic carbocycles. The highest BCUT2D eigenvalue weighted by molar-refractivity contribution is 5.44. The Morgan fingerprint density at radius 2 is 0.786 bits per heavy atom. The number of hydrogen-bond donors (Lipinski definition) is 6. The first-order chi connectivity index (χ1) is 13.5. The molecule has 0 saturated carbocycles. The van der Waals surface area contributed by atoms with Crippen LogP contribution in [-0.2, 0) is 26.2 Å². The molecule has 4 bridgehead atoms. The van der Waals surface area contributed by atoms with Gasteiger partial charge in [0.15, 0.2) is 0 Å². The maximum Gasteiger partial charge on any atom is 0.124 e. The van der Waals surface area contributed by atoms with Gasteiger partial charge in [0, 0.05) is 74.6 Å². The molecule has 6 nitrogen and oxygen atoms in total. The van der Waals surface area contributed by atoms with E-state index in [-0.39, 0.29) is 0 Å². The fraction of sp³-hybridized carbons (Fsp3) is 0.455. The Labute approximate surface area is 167 Å². The van der Waals surface area contributed by atoms with Crippen molar-refractivity contribution in [2.45, 2.75) is 40.0 Å². The minimum Gasteiger partial charge on any atom is -0.507 e. The van der Waals surface area contributed by atoms with Gasteiger partial charge in [-0.05, 0) is 13.8 Å². The summed E-state index contributed by atoms with van der Waals surface area (Å²) >= 11 is 0. The van der Waals surface area contributed by atoms with Crippen LogP contribution in [-0.4, -0.2) is 36.4 Å². The maximum atomic E-state index is 10.6. The van der Waals surface area contributed by atoms with Crippen LogP contribution in [0.5, 0.6) is 11.5 Å². The third-order valence-electron chi connectivity index (χ3n) is 5.04. The summed E-state index contributed by atoms with van der Waals surface area (Å²) in [5.41, 5.74) is 6.02. The van der Waals surface area contributed by atoms with Gasteiger partial charge < -0.3 is 31.5 Å². The lowest BCUT2D eigenvalue weighted by Gasteiger charge is -2.16. The minimum absolute atomic E-state index is 0.378. The van der Waals surface area contributed by atoms with Gasteiger partial charge in [0.05, 0.1) is 0 Å². The Kier molecular flexibility index (Phi) is 7.28. The fourth-order valence-electron chi connectivity index (χ4n) is 3.65. The highest BCUT2D eigenvalue weighted by Gasteiger charge is 2.10. The number of fused-ring (bicyclic) bond motifs is 4. The second-order valence-corrected chi connectivity index (χ2v) is 7.57. The number of nitrogens with one attached hydrogen (secondary N) is 4. The lowest BCUT2D eigenvalue weighted by molar-refractivity contribution is 0.447. The summed E-state index contributed by atoms with van der Waals surface area (Å²) in [4.78, 5) is 0. The molecular weight excluding hydrogens is 352 g/mol. The van der Waals surface area contributed by atoms with Crippen molar-refractivity contribution in [2.24, 2.45) is 0 Å². The molecule has 0 aromatic heterocycles. The van der Waals surface area contributed by atoms with Crippen molar-refractivity contribution >= 4 is 0 Å². The summed E-state index contributed by atoms with van der Waals surface area (Å²) in [6.45, 7) is 9.75. The van der Waals surface area contributed by atoms with Crippen LogP contribution >= 0.6 is 0 Å². The monoisotopic (exact) mass is 384 g/mol. The van der Waals surface area contributed by atoms with E-state index in [0.717, 1.165) is 59.6 Å². The Hall–Kier alpha value is -2.12. The third-order valence-corrected chi connectivity index (χ3v) is 5.04. The molecule has 0 saturated heterocycles. The van der Waals surface area contributed by atoms with E-state index in [4.69, 9.17) is 0 Å². The van der Waals surface area contributed by atoms with Crippen molar-refractivity contribution in [3.8, 4) is 11.5 Å². The topological polar surface area (TPSA) is 88.6 Å². The van der Waals surface area contributed by atoms with Crippen LogP contribution < -0.4 is 21.3 Å². The van der Waals surface area contributed by atoms with Crippen LogP contribution in [0.2, 0.25) is 0 Å². The molecule has 0 amide bonds. The first-order valence-electron chi connectivity index (χ1n) is 10.00. The predicted molar refractivity (Wildman–Crippen MR) is 113 cm³/mol.